The van der Waals surface area contributed by atoms with Gasteiger partial charge in [-0.15, -0.1) is 11.3 Å². The SMILES string of the molecule is COc1ccc(CNc2nc(C(=O)N3CCO[C@@H](c4ccccc4)C3)cs2)cc1. The summed E-state index contributed by atoms with van der Waals surface area (Å²) >= 11 is 1.44. The quantitative estimate of drug-likeness (QED) is 0.667. The number of benzene rings is 2. The van der Waals surface area contributed by atoms with Gasteiger partial charge in [0.2, 0.25) is 0 Å². The fourth-order valence-electron chi connectivity index (χ4n) is 3.24. The number of hydrogen-bond acceptors (Lipinski definition) is 6. The molecule has 2 aromatic carbocycles. The van der Waals surface area contributed by atoms with Gasteiger partial charge >= 0.3 is 0 Å². The summed E-state index contributed by atoms with van der Waals surface area (Å²) in [5.74, 6) is 0.776. The van der Waals surface area contributed by atoms with Crippen LogP contribution >= 0.6 is 11.3 Å². The number of nitrogens with zero attached hydrogens (tertiary/aromatic N) is 2. The lowest BCUT2D eigenvalue weighted by Crippen LogP contribution is -2.42. The number of aromatic nitrogens is 1. The summed E-state index contributed by atoms with van der Waals surface area (Å²) in [6.07, 6.45) is -0.0970. The number of nitrogens with one attached hydrogen (secondary N) is 1. The molecule has 0 radical (unpaired) electrons. The summed E-state index contributed by atoms with van der Waals surface area (Å²) < 4.78 is 11.0. The fraction of sp³-hybridized carbons (Fsp3) is 0.273. The van der Waals surface area contributed by atoms with E-state index in [4.69, 9.17) is 9.47 Å². The topological polar surface area (TPSA) is 63.7 Å². The second-order valence-corrected chi connectivity index (χ2v) is 7.62. The average Bonchev–Trinajstić information content (AvgIpc) is 3.27. The zero-order valence-corrected chi connectivity index (χ0v) is 17.0. The first-order valence-corrected chi connectivity index (χ1v) is 10.4. The third-order valence-electron chi connectivity index (χ3n) is 4.85. The Morgan fingerprint density at radius 2 is 2.03 bits per heavy atom. The van der Waals surface area contributed by atoms with Gasteiger partial charge in [0.1, 0.15) is 17.5 Å². The van der Waals surface area contributed by atoms with Crippen molar-refractivity contribution in [2.75, 3.05) is 32.1 Å². The Kier molecular flexibility index (Phi) is 6.07. The number of morpholine rings is 1. The Bertz CT molecular complexity index is 943. The molecule has 1 N–H and O–H groups in total. The molecule has 1 fully saturated rings. The van der Waals surface area contributed by atoms with E-state index in [0.717, 1.165) is 22.0 Å². The first-order valence-electron chi connectivity index (χ1n) is 9.51. The predicted molar refractivity (Wildman–Crippen MR) is 113 cm³/mol. The highest BCUT2D eigenvalue weighted by Crippen LogP contribution is 2.24. The van der Waals surface area contributed by atoms with Crippen molar-refractivity contribution in [1.82, 2.24) is 9.88 Å². The van der Waals surface area contributed by atoms with Crippen LogP contribution in [-0.4, -0.2) is 42.6 Å². The van der Waals surface area contributed by atoms with Gasteiger partial charge in [0.15, 0.2) is 5.13 Å². The molecule has 1 atom stereocenters. The molecule has 3 aromatic rings. The largest absolute Gasteiger partial charge is 0.497 e. The Balaban J connectivity index is 1.36. The molecule has 29 heavy (non-hydrogen) atoms. The summed E-state index contributed by atoms with van der Waals surface area (Å²) in [6, 6.07) is 17.9. The maximum Gasteiger partial charge on any atom is 0.273 e. The van der Waals surface area contributed by atoms with Crippen LogP contribution in [0.2, 0.25) is 0 Å². The molecule has 0 bridgehead atoms. The second-order valence-electron chi connectivity index (χ2n) is 6.76. The Morgan fingerprint density at radius 1 is 1.24 bits per heavy atom. The number of thiazole rings is 1. The molecule has 0 unspecified atom stereocenters. The standard InChI is InChI=1S/C22H23N3O3S/c1-27-18-9-7-16(8-10-18)13-23-22-24-19(15-29-22)21(26)25-11-12-28-20(14-25)17-5-3-2-4-6-17/h2-10,15,20H,11-14H2,1H3,(H,23,24)/t20-/m1/s1. The van der Waals surface area contributed by atoms with Gasteiger partial charge in [-0.3, -0.25) is 4.79 Å². The van der Waals surface area contributed by atoms with Gasteiger partial charge in [-0.25, -0.2) is 4.98 Å². The summed E-state index contributed by atoms with van der Waals surface area (Å²) in [5, 5.41) is 5.83. The molecule has 0 saturated carbocycles. The van der Waals surface area contributed by atoms with Gasteiger partial charge in [-0.05, 0) is 23.3 Å². The van der Waals surface area contributed by atoms with Crippen molar-refractivity contribution in [1.29, 1.82) is 0 Å². The monoisotopic (exact) mass is 409 g/mol. The van der Waals surface area contributed by atoms with Crippen molar-refractivity contribution in [2.24, 2.45) is 0 Å². The van der Waals surface area contributed by atoms with Crippen molar-refractivity contribution in [3.63, 3.8) is 0 Å². The Labute approximate surface area is 174 Å². The predicted octanol–water partition coefficient (Wildman–Crippen LogP) is 3.98. The summed E-state index contributed by atoms with van der Waals surface area (Å²) in [4.78, 5) is 19.2. The molecule has 1 aliphatic rings. The smallest absolute Gasteiger partial charge is 0.273 e. The summed E-state index contributed by atoms with van der Waals surface area (Å²) in [6.45, 7) is 2.28. The van der Waals surface area contributed by atoms with Crippen LogP contribution in [0.25, 0.3) is 0 Å². The van der Waals surface area contributed by atoms with Crippen LogP contribution in [0, 0.1) is 0 Å². The zero-order chi connectivity index (χ0) is 20.1. The van der Waals surface area contributed by atoms with Crippen molar-refractivity contribution in [3.8, 4) is 5.75 Å². The van der Waals surface area contributed by atoms with Crippen LogP contribution in [0.3, 0.4) is 0 Å². The number of carbonyl (C=O) groups excluding carboxylic acids is 1. The molecule has 4 rings (SSSR count). The molecule has 1 amide bonds. The lowest BCUT2D eigenvalue weighted by Gasteiger charge is -2.32. The van der Waals surface area contributed by atoms with Crippen LogP contribution in [0.15, 0.2) is 60.0 Å². The van der Waals surface area contributed by atoms with E-state index >= 15 is 0 Å². The van der Waals surface area contributed by atoms with Gasteiger partial charge in [0, 0.05) is 18.5 Å². The average molecular weight is 410 g/mol. The fourth-order valence-corrected chi connectivity index (χ4v) is 3.92. The molecule has 6 nitrogen and oxygen atoms in total. The minimum absolute atomic E-state index is 0.0528. The van der Waals surface area contributed by atoms with Gasteiger partial charge in [0.25, 0.3) is 5.91 Å². The Hall–Kier alpha value is -2.90. The van der Waals surface area contributed by atoms with Gasteiger partial charge in [-0.2, -0.15) is 0 Å². The number of methoxy groups -OCH3 is 1. The highest BCUT2D eigenvalue weighted by molar-refractivity contribution is 7.13. The number of ether oxygens (including phenoxy) is 2. The van der Waals surface area contributed by atoms with Crippen molar-refractivity contribution in [2.45, 2.75) is 12.6 Å². The molecule has 1 aromatic heterocycles. The number of carbonyl (C=O) groups is 1. The maximum atomic E-state index is 12.9. The van der Waals surface area contributed by atoms with E-state index in [0.29, 0.717) is 31.9 Å². The molecular formula is C22H23N3O3S. The third kappa shape index (κ3) is 4.75. The first kappa shape index (κ1) is 19.4. The minimum atomic E-state index is -0.0970. The second kappa shape index (κ2) is 9.07. The lowest BCUT2D eigenvalue weighted by atomic mass is 10.1. The van der Waals surface area contributed by atoms with Crippen LogP contribution in [0.5, 0.6) is 5.75 Å². The molecule has 7 heteroatoms. The van der Waals surface area contributed by atoms with E-state index in [9.17, 15) is 4.79 Å². The molecular weight excluding hydrogens is 386 g/mol. The minimum Gasteiger partial charge on any atom is -0.497 e. The normalized spacial score (nSPS) is 16.4. The van der Waals surface area contributed by atoms with Crippen LogP contribution in [-0.2, 0) is 11.3 Å². The molecule has 1 aliphatic heterocycles. The van der Waals surface area contributed by atoms with Crippen molar-refractivity contribution in [3.05, 3.63) is 76.8 Å². The molecule has 1 saturated heterocycles. The van der Waals surface area contributed by atoms with E-state index < -0.39 is 0 Å². The highest BCUT2D eigenvalue weighted by atomic mass is 32.1. The highest BCUT2D eigenvalue weighted by Gasteiger charge is 2.27. The van der Waals surface area contributed by atoms with E-state index in [1.807, 2.05) is 64.9 Å². The van der Waals surface area contributed by atoms with E-state index in [1.54, 1.807) is 7.11 Å². The summed E-state index contributed by atoms with van der Waals surface area (Å²) in [7, 11) is 1.65. The van der Waals surface area contributed by atoms with Gasteiger partial charge < -0.3 is 19.7 Å². The number of hydrogen-bond donors (Lipinski definition) is 1. The number of rotatable bonds is 6. The Morgan fingerprint density at radius 3 is 2.79 bits per heavy atom. The zero-order valence-electron chi connectivity index (χ0n) is 16.2. The van der Waals surface area contributed by atoms with E-state index in [-0.39, 0.29) is 12.0 Å². The summed E-state index contributed by atoms with van der Waals surface area (Å²) in [5.41, 5.74) is 2.68. The van der Waals surface area contributed by atoms with Gasteiger partial charge in [-0.1, -0.05) is 42.5 Å². The van der Waals surface area contributed by atoms with Crippen molar-refractivity contribution >= 4 is 22.4 Å². The van der Waals surface area contributed by atoms with E-state index in [1.165, 1.54) is 11.3 Å². The van der Waals surface area contributed by atoms with Crippen LogP contribution < -0.4 is 10.1 Å². The first-order chi connectivity index (χ1) is 14.2. The molecule has 2 heterocycles. The third-order valence-corrected chi connectivity index (χ3v) is 5.65. The molecule has 0 aliphatic carbocycles. The number of amides is 1. The van der Waals surface area contributed by atoms with Crippen molar-refractivity contribution < 1.29 is 14.3 Å². The maximum absolute atomic E-state index is 12.9. The number of anilines is 1. The lowest BCUT2D eigenvalue weighted by molar-refractivity contribution is -0.0229. The molecule has 0 spiro atoms. The van der Waals surface area contributed by atoms with Gasteiger partial charge in [0.05, 0.1) is 20.3 Å². The molecule has 150 valence electrons. The van der Waals surface area contributed by atoms with Crippen LogP contribution in [0.1, 0.15) is 27.7 Å². The van der Waals surface area contributed by atoms with Crippen LogP contribution in [0.4, 0.5) is 5.13 Å². The van der Waals surface area contributed by atoms with E-state index in [2.05, 4.69) is 10.3 Å².